The zero-order valence-electron chi connectivity index (χ0n) is 6.20. The highest BCUT2D eigenvalue weighted by atomic mass is 16.6. The van der Waals surface area contributed by atoms with Crippen molar-refractivity contribution in [3.63, 3.8) is 0 Å². The summed E-state index contributed by atoms with van der Waals surface area (Å²) in [6.07, 6.45) is 0. The van der Waals surface area contributed by atoms with E-state index < -0.39 is 10.8 Å². The molecular weight excluding hydrogens is 164 g/mol. The third-order valence-electron chi connectivity index (χ3n) is 1.22. The van der Waals surface area contributed by atoms with E-state index in [0.29, 0.717) is 0 Å². The molecule has 0 aliphatic heterocycles. The Morgan fingerprint density at radius 1 is 1.83 bits per heavy atom. The van der Waals surface area contributed by atoms with Crippen molar-refractivity contribution in [2.45, 2.75) is 0 Å². The van der Waals surface area contributed by atoms with Crippen LogP contribution in [0.5, 0.6) is 0 Å². The van der Waals surface area contributed by atoms with Crippen LogP contribution in [0, 0.1) is 10.1 Å². The Morgan fingerprint density at radius 2 is 2.50 bits per heavy atom. The van der Waals surface area contributed by atoms with E-state index in [1.165, 1.54) is 7.05 Å². The van der Waals surface area contributed by atoms with E-state index in [0.717, 1.165) is 6.07 Å². The normalized spacial score (nSPS) is 9.42. The van der Waals surface area contributed by atoms with Crippen LogP contribution in [0.2, 0.25) is 0 Å². The molecule has 2 N–H and O–H groups in total. The van der Waals surface area contributed by atoms with Crippen LogP contribution in [0.15, 0.2) is 6.07 Å². The van der Waals surface area contributed by atoms with Gasteiger partial charge in [0.1, 0.15) is 0 Å². The molecule has 7 nitrogen and oxygen atoms in total. The second-order valence-corrected chi connectivity index (χ2v) is 1.97. The molecule has 0 unspecified atom stereocenters. The van der Waals surface area contributed by atoms with Gasteiger partial charge in [0.25, 0.3) is 5.91 Å². The maximum Gasteiger partial charge on any atom is 0.343 e. The summed E-state index contributed by atoms with van der Waals surface area (Å²) in [6.45, 7) is 0. The molecule has 0 aliphatic rings. The van der Waals surface area contributed by atoms with E-state index in [1.54, 1.807) is 0 Å². The number of hydrogen-bond donors (Lipinski definition) is 2. The van der Waals surface area contributed by atoms with Crippen LogP contribution in [0.25, 0.3) is 0 Å². The number of aromatic nitrogens is 2. The monoisotopic (exact) mass is 170 g/mol. The van der Waals surface area contributed by atoms with Crippen molar-refractivity contribution >= 4 is 11.7 Å². The minimum Gasteiger partial charge on any atom is -0.358 e. The molecule has 0 saturated heterocycles. The molecule has 1 aromatic heterocycles. The number of nitrogens with zero attached hydrogens (tertiary/aromatic N) is 2. The van der Waals surface area contributed by atoms with Gasteiger partial charge in [-0.15, -0.1) is 5.10 Å². The fourth-order valence-electron chi connectivity index (χ4n) is 0.649. The Hall–Kier alpha value is -1.92. The van der Waals surface area contributed by atoms with Gasteiger partial charge in [0.05, 0.1) is 6.07 Å². The molecule has 1 rings (SSSR count). The number of nitro groups is 1. The fraction of sp³-hybridized carbons (Fsp3) is 0.200. The first-order valence-corrected chi connectivity index (χ1v) is 3.07. The number of H-pyrrole nitrogens is 1. The van der Waals surface area contributed by atoms with Crippen LogP contribution < -0.4 is 5.32 Å². The van der Waals surface area contributed by atoms with Gasteiger partial charge in [-0.1, -0.05) is 5.10 Å². The lowest BCUT2D eigenvalue weighted by atomic mass is 10.4. The van der Waals surface area contributed by atoms with Gasteiger partial charge in [0.15, 0.2) is 5.69 Å². The van der Waals surface area contributed by atoms with Crippen molar-refractivity contribution in [2.24, 2.45) is 0 Å². The quantitative estimate of drug-likeness (QED) is 0.469. The predicted octanol–water partition coefficient (Wildman–Crippen LogP) is -0.323. The first-order chi connectivity index (χ1) is 5.65. The maximum atomic E-state index is 10.8. The summed E-state index contributed by atoms with van der Waals surface area (Å²) in [5.41, 5.74) is 0.00389. The van der Waals surface area contributed by atoms with E-state index in [-0.39, 0.29) is 11.5 Å². The number of hydrogen-bond acceptors (Lipinski definition) is 4. The molecule has 1 aromatic rings. The summed E-state index contributed by atoms with van der Waals surface area (Å²) in [4.78, 5) is 20.3. The Morgan fingerprint density at radius 3 is 2.92 bits per heavy atom. The molecule has 64 valence electrons. The van der Waals surface area contributed by atoms with Crippen molar-refractivity contribution in [1.82, 2.24) is 15.5 Å². The van der Waals surface area contributed by atoms with Gasteiger partial charge >= 0.3 is 5.82 Å². The molecule has 0 fully saturated rings. The van der Waals surface area contributed by atoms with Crippen molar-refractivity contribution in [3.05, 3.63) is 21.9 Å². The summed E-state index contributed by atoms with van der Waals surface area (Å²) < 4.78 is 0. The number of nitrogens with one attached hydrogen (secondary N) is 2. The average molecular weight is 170 g/mol. The van der Waals surface area contributed by atoms with Crippen molar-refractivity contribution in [3.8, 4) is 0 Å². The molecule has 1 amide bonds. The molecule has 1 heterocycles. The number of aromatic amines is 1. The predicted molar refractivity (Wildman–Crippen MR) is 38.6 cm³/mol. The van der Waals surface area contributed by atoms with E-state index in [9.17, 15) is 14.9 Å². The standard InChI is InChI=1S/C5H6N4O3/c1-6-5(10)3-2-4(8-7-3)9(11)12/h2H,1H3,(H,6,10)(H,7,8). The van der Waals surface area contributed by atoms with Crippen molar-refractivity contribution in [2.75, 3.05) is 7.05 Å². The highest BCUT2D eigenvalue weighted by Gasteiger charge is 2.14. The molecule has 0 saturated carbocycles. The van der Waals surface area contributed by atoms with Gasteiger partial charge in [-0.05, 0) is 4.92 Å². The molecule has 0 spiro atoms. The summed E-state index contributed by atoms with van der Waals surface area (Å²) >= 11 is 0. The molecular formula is C5H6N4O3. The second kappa shape index (κ2) is 2.99. The Labute approximate surface area is 66.9 Å². The lowest BCUT2D eigenvalue weighted by Gasteiger charge is -1.88. The third-order valence-corrected chi connectivity index (χ3v) is 1.22. The largest absolute Gasteiger partial charge is 0.358 e. The average Bonchev–Trinajstić information content (AvgIpc) is 2.51. The third kappa shape index (κ3) is 1.39. The highest BCUT2D eigenvalue weighted by molar-refractivity contribution is 5.92. The summed E-state index contributed by atoms with van der Waals surface area (Å²) in [5, 5.41) is 18.0. The van der Waals surface area contributed by atoms with E-state index in [2.05, 4.69) is 15.5 Å². The topological polar surface area (TPSA) is 101 Å². The maximum absolute atomic E-state index is 10.8. The number of amides is 1. The minimum absolute atomic E-state index is 0.00389. The minimum atomic E-state index is -0.653. The molecule has 0 atom stereocenters. The van der Waals surface area contributed by atoms with Gasteiger partial charge in [-0.2, -0.15) is 0 Å². The summed E-state index contributed by atoms with van der Waals surface area (Å²) in [7, 11) is 1.42. The van der Waals surface area contributed by atoms with Gasteiger partial charge in [0, 0.05) is 7.05 Å². The smallest absolute Gasteiger partial charge is 0.343 e. The van der Waals surface area contributed by atoms with E-state index >= 15 is 0 Å². The molecule has 12 heavy (non-hydrogen) atoms. The Kier molecular flexibility index (Phi) is 2.04. The lowest BCUT2D eigenvalue weighted by Crippen LogP contribution is -2.17. The zero-order valence-corrected chi connectivity index (χ0v) is 6.20. The van der Waals surface area contributed by atoms with Crippen LogP contribution in [-0.2, 0) is 0 Å². The van der Waals surface area contributed by atoms with Crippen LogP contribution in [0.4, 0.5) is 5.82 Å². The van der Waals surface area contributed by atoms with Gasteiger partial charge in [-0.3, -0.25) is 4.79 Å². The number of carbonyl (C=O) groups is 1. The van der Waals surface area contributed by atoms with Crippen molar-refractivity contribution < 1.29 is 9.72 Å². The van der Waals surface area contributed by atoms with Crippen LogP contribution >= 0.6 is 0 Å². The first kappa shape index (κ1) is 8.18. The van der Waals surface area contributed by atoms with Crippen LogP contribution in [0.1, 0.15) is 10.5 Å². The fourth-order valence-corrected chi connectivity index (χ4v) is 0.649. The first-order valence-electron chi connectivity index (χ1n) is 3.07. The van der Waals surface area contributed by atoms with Crippen LogP contribution in [-0.4, -0.2) is 28.1 Å². The SMILES string of the molecule is CNC(=O)c1cc([N+](=O)[O-])[nH]n1. The van der Waals surface area contributed by atoms with Crippen LogP contribution in [0.3, 0.4) is 0 Å². The highest BCUT2D eigenvalue weighted by Crippen LogP contribution is 2.06. The Balaban J connectivity index is 2.91. The number of rotatable bonds is 2. The van der Waals surface area contributed by atoms with Crippen molar-refractivity contribution in [1.29, 1.82) is 0 Å². The van der Waals surface area contributed by atoms with Gasteiger partial charge < -0.3 is 15.4 Å². The second-order valence-electron chi connectivity index (χ2n) is 1.97. The molecule has 0 radical (unpaired) electrons. The summed E-state index contributed by atoms with van der Waals surface area (Å²) in [5.74, 6) is -0.757. The molecule has 7 heteroatoms. The zero-order chi connectivity index (χ0) is 9.14. The van der Waals surface area contributed by atoms with Gasteiger partial charge in [0.2, 0.25) is 0 Å². The Bertz CT molecular complexity index is 318. The van der Waals surface area contributed by atoms with Gasteiger partial charge in [-0.25, -0.2) is 0 Å². The summed E-state index contributed by atoms with van der Waals surface area (Å²) in [6, 6.07) is 1.07. The molecule has 0 bridgehead atoms. The van der Waals surface area contributed by atoms with E-state index in [4.69, 9.17) is 0 Å². The number of carbonyl (C=O) groups excluding carboxylic acids is 1. The molecule has 0 aliphatic carbocycles. The lowest BCUT2D eigenvalue weighted by molar-refractivity contribution is -0.389. The molecule has 0 aromatic carbocycles. The van der Waals surface area contributed by atoms with E-state index in [1.807, 2.05) is 0 Å².